The van der Waals surface area contributed by atoms with E-state index < -0.39 is 16.1 Å². The molecular formula is C27H26N4O7S. The van der Waals surface area contributed by atoms with Gasteiger partial charge in [-0.05, 0) is 67.3 Å². The number of nitrogens with one attached hydrogen (secondary N) is 1. The largest absolute Gasteiger partial charge is 0.484 e. The summed E-state index contributed by atoms with van der Waals surface area (Å²) in [5.41, 5.74) is 8.94. The first-order chi connectivity index (χ1) is 18.5. The lowest BCUT2D eigenvalue weighted by Crippen LogP contribution is -2.31. The fourth-order valence-corrected chi connectivity index (χ4v) is 4.82. The van der Waals surface area contributed by atoms with Crippen molar-refractivity contribution < 1.29 is 28.8 Å². The fourth-order valence-electron chi connectivity index (χ4n) is 3.96. The molecule has 202 valence electrons. The van der Waals surface area contributed by atoms with Crippen LogP contribution in [0.5, 0.6) is 17.2 Å². The number of rotatable bonds is 9. The molecule has 1 aliphatic rings. The highest BCUT2D eigenvalue weighted by Crippen LogP contribution is 2.35. The number of ether oxygens (including phenoxy) is 2. The summed E-state index contributed by atoms with van der Waals surface area (Å²) in [5, 5.41) is 13.1. The second kappa shape index (κ2) is 11.4. The van der Waals surface area contributed by atoms with Gasteiger partial charge in [-0.1, -0.05) is 23.9 Å². The predicted molar refractivity (Wildman–Crippen MR) is 147 cm³/mol. The maximum atomic E-state index is 12.9. The molecule has 0 radical (unpaired) electrons. The molecule has 3 aromatic carbocycles. The first-order valence-electron chi connectivity index (χ1n) is 11.8. The normalized spacial score (nSPS) is 14.6. The third kappa shape index (κ3) is 6.47. The Balaban J connectivity index is 1.43. The van der Waals surface area contributed by atoms with E-state index in [9.17, 15) is 24.5 Å². The predicted octanol–water partition coefficient (Wildman–Crippen LogP) is 4.52. The summed E-state index contributed by atoms with van der Waals surface area (Å²) in [6.45, 7) is 3.33. The topological polar surface area (TPSA) is 154 Å². The van der Waals surface area contributed by atoms with Gasteiger partial charge in [0, 0.05) is 24.9 Å². The van der Waals surface area contributed by atoms with Crippen molar-refractivity contribution in [3.63, 3.8) is 0 Å². The number of nitrogen functional groups attached to an aromatic ring is 1. The van der Waals surface area contributed by atoms with Gasteiger partial charge in [0.15, 0.2) is 6.61 Å². The number of imide groups is 1. The highest BCUT2D eigenvalue weighted by molar-refractivity contribution is 8.15. The molecule has 0 spiro atoms. The number of benzene rings is 3. The second-order valence-electron chi connectivity index (χ2n) is 8.95. The van der Waals surface area contributed by atoms with Crippen molar-refractivity contribution in [3.05, 3.63) is 81.4 Å². The van der Waals surface area contributed by atoms with E-state index in [1.807, 2.05) is 13.8 Å². The van der Waals surface area contributed by atoms with Crippen molar-refractivity contribution in [2.75, 3.05) is 24.3 Å². The minimum atomic E-state index is -0.573. The molecule has 3 aromatic rings. The molecule has 39 heavy (non-hydrogen) atoms. The van der Waals surface area contributed by atoms with Crippen molar-refractivity contribution in [1.29, 1.82) is 0 Å². The van der Waals surface area contributed by atoms with E-state index in [0.717, 1.165) is 33.4 Å². The van der Waals surface area contributed by atoms with Crippen LogP contribution in [0.2, 0.25) is 0 Å². The summed E-state index contributed by atoms with van der Waals surface area (Å²) in [6.07, 6.45) is 0.377. The number of nitro benzene ring substituents is 1. The number of hydrogen-bond acceptors (Lipinski definition) is 9. The van der Waals surface area contributed by atoms with E-state index in [2.05, 4.69) is 5.32 Å². The fraction of sp³-hybridized carbons (Fsp3) is 0.222. The zero-order valence-electron chi connectivity index (χ0n) is 21.4. The number of aryl methyl sites for hydroxylation is 2. The Labute approximate surface area is 228 Å². The van der Waals surface area contributed by atoms with Crippen LogP contribution in [-0.2, 0) is 16.0 Å². The van der Waals surface area contributed by atoms with Crippen LogP contribution in [0.3, 0.4) is 0 Å². The number of hydrogen-bond donors (Lipinski definition) is 2. The van der Waals surface area contributed by atoms with E-state index in [1.54, 1.807) is 36.4 Å². The average Bonchev–Trinajstić information content (AvgIpc) is 3.21. The van der Waals surface area contributed by atoms with Gasteiger partial charge in [0.1, 0.15) is 22.9 Å². The van der Waals surface area contributed by atoms with Crippen molar-refractivity contribution >= 4 is 45.9 Å². The molecule has 0 saturated carbocycles. The standard InChI is InChI=1S/C27H26N4O7S/c1-15-10-20(11-16(2)25(15)28)38-19-8-9-21(31(35)36)22(13-19)30(3)24(32)14-37-18-6-4-17(5-7-18)12-23-26(33)29-27(34)39-23/h4-11,13,23H,12,14,28H2,1-3H3,(H,29,33,34). The molecule has 4 rings (SSSR count). The molecule has 1 atom stereocenters. The van der Waals surface area contributed by atoms with Gasteiger partial charge in [0.25, 0.3) is 16.8 Å². The quantitative estimate of drug-likeness (QED) is 0.222. The van der Waals surface area contributed by atoms with Crippen LogP contribution in [0.4, 0.5) is 21.9 Å². The highest BCUT2D eigenvalue weighted by atomic mass is 32.2. The minimum Gasteiger partial charge on any atom is -0.484 e. The summed E-state index contributed by atoms with van der Waals surface area (Å²) in [5.74, 6) is 0.391. The highest BCUT2D eigenvalue weighted by Gasteiger charge is 2.31. The van der Waals surface area contributed by atoms with Gasteiger partial charge in [0.05, 0.1) is 10.2 Å². The van der Waals surface area contributed by atoms with Gasteiger partial charge in [0.2, 0.25) is 5.91 Å². The summed E-state index contributed by atoms with van der Waals surface area (Å²) >= 11 is 0.951. The lowest BCUT2D eigenvalue weighted by molar-refractivity contribution is -0.384. The molecule has 1 aliphatic heterocycles. The van der Waals surface area contributed by atoms with Crippen molar-refractivity contribution in [1.82, 2.24) is 5.32 Å². The maximum absolute atomic E-state index is 12.9. The lowest BCUT2D eigenvalue weighted by Gasteiger charge is -2.19. The average molecular weight is 551 g/mol. The Morgan fingerprint density at radius 1 is 1.05 bits per heavy atom. The Bertz CT molecular complexity index is 1440. The van der Waals surface area contributed by atoms with Crippen molar-refractivity contribution in [3.8, 4) is 17.2 Å². The van der Waals surface area contributed by atoms with E-state index >= 15 is 0 Å². The second-order valence-corrected chi connectivity index (χ2v) is 10.1. The number of thioether (sulfide) groups is 1. The Kier molecular flexibility index (Phi) is 8.05. The molecule has 3 amide bonds. The zero-order valence-corrected chi connectivity index (χ0v) is 22.2. The van der Waals surface area contributed by atoms with Crippen LogP contribution in [-0.4, -0.2) is 40.9 Å². The Hall–Kier alpha value is -4.58. The molecule has 1 heterocycles. The Morgan fingerprint density at radius 3 is 2.28 bits per heavy atom. The number of nitrogens with two attached hydrogens (primary N) is 1. The van der Waals surface area contributed by atoms with Gasteiger partial charge < -0.3 is 20.1 Å². The van der Waals surface area contributed by atoms with Gasteiger partial charge >= 0.3 is 0 Å². The Morgan fingerprint density at radius 2 is 1.69 bits per heavy atom. The number of nitro groups is 1. The molecule has 11 nitrogen and oxygen atoms in total. The number of carbonyl (C=O) groups is 3. The van der Waals surface area contributed by atoms with Gasteiger partial charge in [-0.2, -0.15) is 0 Å². The molecule has 0 aliphatic carbocycles. The van der Waals surface area contributed by atoms with Crippen LogP contribution in [0.1, 0.15) is 16.7 Å². The van der Waals surface area contributed by atoms with Crippen LogP contribution in [0, 0.1) is 24.0 Å². The molecule has 1 saturated heterocycles. The number of anilines is 2. The lowest BCUT2D eigenvalue weighted by atomic mass is 10.1. The van der Waals surface area contributed by atoms with Crippen molar-refractivity contribution in [2.45, 2.75) is 25.5 Å². The summed E-state index contributed by atoms with van der Waals surface area (Å²) in [7, 11) is 1.42. The third-order valence-electron chi connectivity index (χ3n) is 6.16. The maximum Gasteiger partial charge on any atom is 0.293 e. The third-order valence-corrected chi connectivity index (χ3v) is 7.14. The zero-order chi connectivity index (χ0) is 28.3. The van der Waals surface area contributed by atoms with Gasteiger partial charge in [-0.25, -0.2) is 0 Å². The van der Waals surface area contributed by atoms with Crippen LogP contribution >= 0.6 is 11.8 Å². The number of nitrogens with zero attached hydrogens (tertiary/aromatic N) is 2. The summed E-state index contributed by atoms with van der Waals surface area (Å²) < 4.78 is 11.5. The number of likely N-dealkylation sites (N-methyl/N-ethyl adjacent to an activating group) is 1. The molecule has 12 heteroatoms. The van der Waals surface area contributed by atoms with E-state index in [-0.39, 0.29) is 29.1 Å². The van der Waals surface area contributed by atoms with Crippen LogP contribution < -0.4 is 25.4 Å². The van der Waals surface area contributed by atoms with Crippen LogP contribution in [0.25, 0.3) is 0 Å². The van der Waals surface area contributed by atoms with Crippen LogP contribution in [0.15, 0.2) is 54.6 Å². The molecule has 1 fully saturated rings. The smallest absolute Gasteiger partial charge is 0.293 e. The molecule has 0 aromatic heterocycles. The summed E-state index contributed by atoms with van der Waals surface area (Å²) in [4.78, 5) is 48.2. The van der Waals surface area contributed by atoms with E-state index in [0.29, 0.717) is 29.4 Å². The van der Waals surface area contributed by atoms with Crippen molar-refractivity contribution in [2.24, 2.45) is 0 Å². The van der Waals surface area contributed by atoms with Gasteiger partial charge in [-0.15, -0.1) is 0 Å². The number of carbonyl (C=O) groups excluding carboxylic acids is 3. The first kappa shape index (κ1) is 27.5. The first-order valence-corrected chi connectivity index (χ1v) is 12.7. The van der Waals surface area contributed by atoms with E-state index in [1.165, 1.54) is 25.2 Å². The molecule has 3 N–H and O–H groups in total. The van der Waals surface area contributed by atoms with E-state index in [4.69, 9.17) is 15.2 Å². The summed E-state index contributed by atoms with van der Waals surface area (Å²) in [6, 6.07) is 14.5. The molecule has 1 unspecified atom stereocenters. The SMILES string of the molecule is Cc1cc(Oc2ccc([N+](=O)[O-])c(N(C)C(=O)COc3ccc(CC4SC(=O)NC4=O)cc3)c2)cc(C)c1N. The van der Waals surface area contributed by atoms with Gasteiger partial charge in [-0.3, -0.25) is 29.8 Å². The molecule has 0 bridgehead atoms. The number of amides is 3. The monoisotopic (exact) mass is 550 g/mol. The minimum absolute atomic E-state index is 0.0484. The molecular weight excluding hydrogens is 524 g/mol.